The SMILES string of the molecule is CCC(O)C#CCN(CC=C(C)C)S(=O)(=O)c1ccc(C)cc1. The zero-order valence-electron chi connectivity index (χ0n) is 14.2. The summed E-state index contributed by atoms with van der Waals surface area (Å²) in [6.07, 6.45) is 1.65. The molecule has 0 bridgehead atoms. The van der Waals surface area contributed by atoms with E-state index in [-0.39, 0.29) is 18.0 Å². The predicted octanol–water partition coefficient (Wildman–Crippen LogP) is 2.73. The molecule has 1 atom stereocenters. The molecule has 4 nitrogen and oxygen atoms in total. The second-order valence-corrected chi connectivity index (χ2v) is 7.58. The molecule has 0 aromatic heterocycles. The minimum atomic E-state index is -3.61. The Morgan fingerprint density at radius 2 is 1.91 bits per heavy atom. The van der Waals surface area contributed by atoms with Gasteiger partial charge in [0.15, 0.2) is 0 Å². The molecule has 1 aromatic carbocycles. The van der Waals surface area contributed by atoms with Crippen LogP contribution in [-0.4, -0.2) is 37.0 Å². The van der Waals surface area contributed by atoms with Gasteiger partial charge in [-0.05, 0) is 39.3 Å². The molecule has 0 heterocycles. The average molecular weight is 335 g/mol. The molecule has 1 N–H and O–H groups in total. The van der Waals surface area contributed by atoms with Crippen LogP contribution in [0.5, 0.6) is 0 Å². The fraction of sp³-hybridized carbons (Fsp3) is 0.444. The smallest absolute Gasteiger partial charge is 0.244 e. The van der Waals surface area contributed by atoms with Crippen LogP contribution < -0.4 is 0 Å². The Bertz CT molecular complexity index is 690. The van der Waals surface area contributed by atoms with Crippen molar-refractivity contribution >= 4 is 10.0 Å². The lowest BCUT2D eigenvalue weighted by atomic mass is 10.2. The first-order valence-corrected chi connectivity index (χ1v) is 9.08. The zero-order chi connectivity index (χ0) is 17.5. The summed E-state index contributed by atoms with van der Waals surface area (Å²) in [6, 6.07) is 6.76. The van der Waals surface area contributed by atoms with E-state index in [1.807, 2.05) is 33.8 Å². The van der Waals surface area contributed by atoms with Gasteiger partial charge in [-0.3, -0.25) is 0 Å². The first kappa shape index (κ1) is 19.4. The van der Waals surface area contributed by atoms with E-state index in [9.17, 15) is 13.5 Å². The van der Waals surface area contributed by atoms with Crippen molar-refractivity contribution in [2.24, 2.45) is 0 Å². The van der Waals surface area contributed by atoms with Gasteiger partial charge in [0.05, 0.1) is 11.4 Å². The number of allylic oxidation sites excluding steroid dienone is 1. The highest BCUT2D eigenvalue weighted by molar-refractivity contribution is 7.89. The number of sulfonamides is 1. The van der Waals surface area contributed by atoms with E-state index in [4.69, 9.17) is 0 Å². The number of nitrogens with zero attached hydrogens (tertiary/aromatic N) is 1. The summed E-state index contributed by atoms with van der Waals surface area (Å²) in [7, 11) is -3.61. The van der Waals surface area contributed by atoms with E-state index in [1.165, 1.54) is 4.31 Å². The van der Waals surface area contributed by atoms with Gasteiger partial charge in [-0.15, -0.1) is 0 Å². The number of aliphatic hydroxyl groups excluding tert-OH is 1. The average Bonchev–Trinajstić information content (AvgIpc) is 2.50. The largest absolute Gasteiger partial charge is 0.380 e. The third kappa shape index (κ3) is 6.19. The van der Waals surface area contributed by atoms with Gasteiger partial charge in [-0.25, -0.2) is 8.42 Å². The summed E-state index contributed by atoms with van der Waals surface area (Å²) >= 11 is 0. The van der Waals surface area contributed by atoms with Crippen molar-refractivity contribution in [1.82, 2.24) is 4.31 Å². The van der Waals surface area contributed by atoms with Crippen LogP contribution in [0.15, 0.2) is 40.8 Å². The molecule has 0 aliphatic heterocycles. The molecule has 23 heavy (non-hydrogen) atoms. The van der Waals surface area contributed by atoms with E-state index >= 15 is 0 Å². The fourth-order valence-corrected chi connectivity index (χ4v) is 3.03. The molecular formula is C18H25NO3S. The van der Waals surface area contributed by atoms with Gasteiger partial charge in [-0.2, -0.15) is 4.31 Å². The number of aryl methyl sites for hydroxylation is 1. The van der Waals surface area contributed by atoms with Crippen molar-refractivity contribution in [3.63, 3.8) is 0 Å². The molecule has 0 aliphatic rings. The Kier molecular flexibility index (Phi) is 7.50. The molecule has 0 amide bonds. The van der Waals surface area contributed by atoms with Gasteiger partial charge < -0.3 is 5.11 Å². The van der Waals surface area contributed by atoms with Crippen molar-refractivity contribution in [2.45, 2.75) is 45.1 Å². The van der Waals surface area contributed by atoms with Gasteiger partial charge in [-0.1, -0.05) is 48.1 Å². The molecule has 0 fully saturated rings. The molecule has 1 aromatic rings. The first-order valence-electron chi connectivity index (χ1n) is 7.64. The Hall–Kier alpha value is -1.61. The third-order valence-electron chi connectivity index (χ3n) is 3.27. The van der Waals surface area contributed by atoms with Crippen LogP contribution in [0.4, 0.5) is 0 Å². The fourth-order valence-electron chi connectivity index (χ4n) is 1.75. The Labute approximate surface area is 139 Å². The number of rotatable bonds is 6. The maximum absolute atomic E-state index is 12.8. The minimum absolute atomic E-state index is 0.0526. The molecule has 1 rings (SSSR count). The topological polar surface area (TPSA) is 57.6 Å². The van der Waals surface area contributed by atoms with E-state index in [2.05, 4.69) is 11.8 Å². The van der Waals surface area contributed by atoms with Crippen molar-refractivity contribution in [3.8, 4) is 11.8 Å². The predicted molar refractivity (Wildman–Crippen MR) is 93.4 cm³/mol. The number of benzene rings is 1. The van der Waals surface area contributed by atoms with Gasteiger partial charge in [0, 0.05) is 6.54 Å². The lowest BCUT2D eigenvalue weighted by Crippen LogP contribution is -2.32. The molecule has 0 aliphatic carbocycles. The summed E-state index contributed by atoms with van der Waals surface area (Å²) in [5.41, 5.74) is 2.04. The van der Waals surface area contributed by atoms with Crippen molar-refractivity contribution in [1.29, 1.82) is 0 Å². The van der Waals surface area contributed by atoms with Gasteiger partial charge >= 0.3 is 0 Å². The number of hydrogen-bond acceptors (Lipinski definition) is 3. The van der Waals surface area contributed by atoms with E-state index < -0.39 is 16.1 Å². The Morgan fingerprint density at radius 1 is 1.30 bits per heavy atom. The second-order valence-electron chi connectivity index (χ2n) is 5.64. The van der Waals surface area contributed by atoms with Gasteiger partial charge in [0.25, 0.3) is 0 Å². The van der Waals surface area contributed by atoms with Crippen molar-refractivity contribution < 1.29 is 13.5 Å². The summed E-state index contributed by atoms with van der Waals surface area (Å²) in [4.78, 5) is 0.253. The van der Waals surface area contributed by atoms with Gasteiger partial charge in [0.1, 0.15) is 6.10 Å². The lowest BCUT2D eigenvalue weighted by Gasteiger charge is -2.18. The molecule has 0 radical (unpaired) electrons. The molecule has 0 saturated carbocycles. The quantitative estimate of drug-likeness (QED) is 0.642. The molecule has 126 valence electrons. The van der Waals surface area contributed by atoms with Gasteiger partial charge in [0.2, 0.25) is 10.0 Å². The van der Waals surface area contributed by atoms with Crippen LogP contribution in [0.1, 0.15) is 32.8 Å². The van der Waals surface area contributed by atoms with E-state index in [1.54, 1.807) is 24.3 Å². The summed E-state index contributed by atoms with van der Waals surface area (Å²) in [5.74, 6) is 5.43. The normalized spacial score (nSPS) is 12.4. The summed E-state index contributed by atoms with van der Waals surface area (Å²) < 4.78 is 26.9. The number of aliphatic hydroxyl groups is 1. The first-order chi connectivity index (χ1) is 10.8. The molecular weight excluding hydrogens is 310 g/mol. The molecule has 5 heteroatoms. The van der Waals surface area contributed by atoms with E-state index in [0.29, 0.717) is 6.42 Å². The van der Waals surface area contributed by atoms with Crippen LogP contribution in [0.2, 0.25) is 0 Å². The molecule has 1 unspecified atom stereocenters. The van der Waals surface area contributed by atoms with Crippen molar-refractivity contribution in [3.05, 3.63) is 41.5 Å². The van der Waals surface area contributed by atoms with Crippen LogP contribution in [-0.2, 0) is 10.0 Å². The van der Waals surface area contributed by atoms with Crippen LogP contribution >= 0.6 is 0 Å². The highest BCUT2D eigenvalue weighted by Gasteiger charge is 2.22. The Morgan fingerprint density at radius 3 is 2.43 bits per heavy atom. The van der Waals surface area contributed by atoms with Crippen LogP contribution in [0, 0.1) is 18.8 Å². The monoisotopic (exact) mass is 335 g/mol. The minimum Gasteiger partial charge on any atom is -0.380 e. The summed E-state index contributed by atoms with van der Waals surface area (Å²) in [5, 5.41) is 9.49. The highest BCUT2D eigenvalue weighted by atomic mass is 32.2. The zero-order valence-corrected chi connectivity index (χ0v) is 15.0. The maximum Gasteiger partial charge on any atom is 0.244 e. The number of hydrogen-bond donors (Lipinski definition) is 1. The molecule has 0 spiro atoms. The molecule has 0 saturated heterocycles. The summed E-state index contributed by atoms with van der Waals surface area (Å²) in [6.45, 7) is 7.89. The van der Waals surface area contributed by atoms with Crippen molar-refractivity contribution in [2.75, 3.05) is 13.1 Å². The standard InChI is InChI=1S/C18H25NO3S/c1-5-17(20)7-6-13-19(14-12-15(2)3)23(21,22)18-10-8-16(4)9-11-18/h8-12,17,20H,5,13-14H2,1-4H3. The lowest BCUT2D eigenvalue weighted by molar-refractivity contribution is 0.228. The third-order valence-corrected chi connectivity index (χ3v) is 5.10. The van der Waals surface area contributed by atoms with E-state index in [0.717, 1.165) is 11.1 Å². The maximum atomic E-state index is 12.8. The second kappa shape index (κ2) is 8.88. The van der Waals surface area contributed by atoms with Crippen LogP contribution in [0.25, 0.3) is 0 Å². The highest BCUT2D eigenvalue weighted by Crippen LogP contribution is 2.16. The Balaban J connectivity index is 3.08. The van der Waals surface area contributed by atoms with Crippen LogP contribution in [0.3, 0.4) is 0 Å².